The number of halogens is 3. The van der Waals surface area contributed by atoms with Gasteiger partial charge in [-0.1, -0.05) is 0 Å². The predicted octanol–water partition coefficient (Wildman–Crippen LogP) is 2.79. The first kappa shape index (κ1) is 11.0. The first-order valence-corrected chi connectivity index (χ1v) is 4.41. The number of carboxylic acids is 1. The lowest BCUT2D eigenvalue weighted by atomic mass is 10.1. The summed E-state index contributed by atoms with van der Waals surface area (Å²) < 4.78 is 24.8. The Labute approximate surface area is 86.9 Å². The van der Waals surface area contributed by atoms with Gasteiger partial charge in [0.2, 0.25) is 0 Å². The van der Waals surface area contributed by atoms with Gasteiger partial charge in [0.05, 0.1) is 5.56 Å². The van der Waals surface area contributed by atoms with Gasteiger partial charge in [-0.15, -0.1) is 0 Å². The van der Waals surface area contributed by atoms with E-state index < -0.39 is 12.4 Å². The molecule has 1 aromatic rings. The Morgan fingerprint density at radius 3 is 2.64 bits per heavy atom. The van der Waals surface area contributed by atoms with Gasteiger partial charge in [-0.3, -0.25) is 0 Å². The molecule has 0 radical (unpaired) electrons. The zero-order valence-electron chi connectivity index (χ0n) is 7.09. The molecule has 0 aliphatic carbocycles. The summed E-state index contributed by atoms with van der Waals surface area (Å²) in [7, 11) is 0. The minimum atomic E-state index is -2.71. The minimum absolute atomic E-state index is 0.0619. The molecule has 0 fully saturated rings. The highest BCUT2D eigenvalue weighted by Gasteiger charge is 2.18. The second-order valence-electron chi connectivity index (χ2n) is 2.61. The molecule has 0 aromatic carbocycles. The molecule has 0 saturated carbocycles. The molecular formula is C8H6BrF2NO2. The van der Waals surface area contributed by atoms with Crippen molar-refractivity contribution in [1.82, 2.24) is 4.98 Å². The topological polar surface area (TPSA) is 50.2 Å². The highest BCUT2D eigenvalue weighted by atomic mass is 79.9. The Morgan fingerprint density at radius 1 is 1.64 bits per heavy atom. The molecule has 3 nitrogen and oxygen atoms in total. The number of alkyl halides is 2. The average Bonchev–Trinajstić information content (AvgIpc) is 2.02. The molecule has 0 aliphatic rings. The van der Waals surface area contributed by atoms with Crippen LogP contribution in [0.25, 0.3) is 0 Å². The number of aromatic nitrogens is 1. The largest absolute Gasteiger partial charge is 0.478 e. The fraction of sp³-hybridized carbons (Fsp3) is 0.250. The van der Waals surface area contributed by atoms with E-state index in [4.69, 9.17) is 5.11 Å². The van der Waals surface area contributed by atoms with Crippen LogP contribution >= 0.6 is 15.9 Å². The van der Waals surface area contributed by atoms with E-state index in [0.717, 1.165) is 6.07 Å². The number of hydrogen-bond acceptors (Lipinski definition) is 2. The molecule has 6 heteroatoms. The first-order valence-electron chi connectivity index (χ1n) is 3.62. The van der Waals surface area contributed by atoms with E-state index in [0.29, 0.717) is 0 Å². The number of carboxylic acid groups (broad SMARTS) is 1. The molecule has 0 aliphatic heterocycles. The second kappa shape index (κ2) is 4.00. The van der Waals surface area contributed by atoms with Gasteiger partial charge in [0.15, 0.2) is 0 Å². The zero-order chi connectivity index (χ0) is 10.9. The average molecular weight is 266 g/mol. The quantitative estimate of drug-likeness (QED) is 0.837. The molecule has 0 bridgehead atoms. The molecule has 0 atom stereocenters. The van der Waals surface area contributed by atoms with Gasteiger partial charge in [0, 0.05) is 11.3 Å². The summed E-state index contributed by atoms with van der Waals surface area (Å²) in [5.41, 5.74) is -0.492. The summed E-state index contributed by atoms with van der Waals surface area (Å²) in [5.74, 6) is -1.29. The standard InChI is InChI=1S/C8H6BrF2NO2/c1-3-4(7(10)11)2-5(8(13)14)6(9)12-3/h2,7H,1H3,(H,13,14). The van der Waals surface area contributed by atoms with Gasteiger partial charge in [-0.25, -0.2) is 18.6 Å². The fourth-order valence-electron chi connectivity index (χ4n) is 0.962. The van der Waals surface area contributed by atoms with E-state index in [2.05, 4.69) is 20.9 Å². The predicted molar refractivity (Wildman–Crippen MR) is 48.6 cm³/mol. The summed E-state index contributed by atoms with van der Waals surface area (Å²) in [5, 5.41) is 8.65. The van der Waals surface area contributed by atoms with Crippen LogP contribution in [0.2, 0.25) is 0 Å². The van der Waals surface area contributed by atoms with E-state index in [1.54, 1.807) is 0 Å². The number of aromatic carboxylic acids is 1. The summed E-state index contributed by atoms with van der Waals surface area (Å²) in [4.78, 5) is 14.3. The van der Waals surface area contributed by atoms with E-state index >= 15 is 0 Å². The van der Waals surface area contributed by atoms with Crippen molar-refractivity contribution in [3.05, 3.63) is 27.5 Å². The number of carbonyl (C=O) groups is 1. The molecule has 14 heavy (non-hydrogen) atoms. The number of nitrogens with zero attached hydrogens (tertiary/aromatic N) is 1. The van der Waals surface area contributed by atoms with Crippen LogP contribution < -0.4 is 0 Å². The Morgan fingerprint density at radius 2 is 2.21 bits per heavy atom. The summed E-state index contributed by atoms with van der Waals surface area (Å²) in [6.07, 6.45) is -2.71. The van der Waals surface area contributed by atoms with E-state index in [9.17, 15) is 13.6 Å². The molecule has 1 aromatic heterocycles. The molecule has 1 N–H and O–H groups in total. The number of aryl methyl sites for hydroxylation is 1. The smallest absolute Gasteiger partial charge is 0.338 e. The summed E-state index contributed by atoms with van der Waals surface area (Å²) in [6.45, 7) is 1.40. The van der Waals surface area contributed by atoms with Crippen LogP contribution in [-0.4, -0.2) is 16.1 Å². The third kappa shape index (κ3) is 2.06. The Hall–Kier alpha value is -1.04. The van der Waals surface area contributed by atoms with Crippen molar-refractivity contribution in [3.63, 3.8) is 0 Å². The van der Waals surface area contributed by atoms with Crippen LogP contribution in [0, 0.1) is 6.92 Å². The van der Waals surface area contributed by atoms with Gasteiger partial charge in [0.25, 0.3) is 6.43 Å². The van der Waals surface area contributed by atoms with Crippen LogP contribution in [-0.2, 0) is 0 Å². The molecule has 0 saturated heterocycles. The third-order valence-corrected chi connectivity index (χ3v) is 2.28. The SMILES string of the molecule is Cc1nc(Br)c(C(=O)O)cc1C(F)F. The zero-order valence-corrected chi connectivity index (χ0v) is 8.68. The molecule has 1 heterocycles. The van der Waals surface area contributed by atoms with Crippen LogP contribution in [0.4, 0.5) is 8.78 Å². The monoisotopic (exact) mass is 265 g/mol. The first-order chi connectivity index (χ1) is 6.43. The molecule has 0 unspecified atom stereocenters. The lowest BCUT2D eigenvalue weighted by molar-refractivity contribution is 0.0694. The second-order valence-corrected chi connectivity index (χ2v) is 3.36. The number of pyridine rings is 1. The van der Waals surface area contributed by atoms with Crippen molar-refractivity contribution in [1.29, 1.82) is 0 Å². The van der Waals surface area contributed by atoms with E-state index in [-0.39, 0.29) is 21.4 Å². The summed E-state index contributed by atoms with van der Waals surface area (Å²) in [6, 6.07) is 0.930. The Bertz CT molecular complexity index is 382. The van der Waals surface area contributed by atoms with Crippen molar-refractivity contribution >= 4 is 21.9 Å². The molecule has 76 valence electrons. The highest BCUT2D eigenvalue weighted by molar-refractivity contribution is 9.10. The molecular weight excluding hydrogens is 260 g/mol. The third-order valence-electron chi connectivity index (χ3n) is 1.67. The van der Waals surface area contributed by atoms with Gasteiger partial charge >= 0.3 is 5.97 Å². The van der Waals surface area contributed by atoms with Crippen molar-refractivity contribution in [2.45, 2.75) is 13.3 Å². The van der Waals surface area contributed by atoms with Gasteiger partial charge < -0.3 is 5.11 Å². The maximum Gasteiger partial charge on any atom is 0.338 e. The van der Waals surface area contributed by atoms with Crippen LogP contribution in [0.15, 0.2) is 10.7 Å². The van der Waals surface area contributed by atoms with Crippen molar-refractivity contribution in [2.24, 2.45) is 0 Å². The highest BCUT2D eigenvalue weighted by Crippen LogP contribution is 2.25. The van der Waals surface area contributed by atoms with Crippen molar-refractivity contribution < 1.29 is 18.7 Å². The fourth-order valence-corrected chi connectivity index (χ4v) is 1.51. The maximum absolute atomic E-state index is 12.4. The van der Waals surface area contributed by atoms with Crippen molar-refractivity contribution in [3.8, 4) is 0 Å². The normalized spacial score (nSPS) is 10.6. The van der Waals surface area contributed by atoms with E-state index in [1.165, 1.54) is 6.92 Å². The van der Waals surface area contributed by atoms with Crippen LogP contribution in [0.1, 0.15) is 28.0 Å². The minimum Gasteiger partial charge on any atom is -0.478 e. The maximum atomic E-state index is 12.4. The molecule has 0 amide bonds. The summed E-state index contributed by atoms with van der Waals surface area (Å²) >= 11 is 2.89. The lowest BCUT2D eigenvalue weighted by Crippen LogP contribution is -2.04. The van der Waals surface area contributed by atoms with Gasteiger partial charge in [0.1, 0.15) is 4.60 Å². The Kier molecular flexibility index (Phi) is 3.15. The molecule has 0 spiro atoms. The van der Waals surface area contributed by atoms with E-state index in [1.807, 2.05) is 0 Å². The van der Waals surface area contributed by atoms with Crippen LogP contribution in [0.3, 0.4) is 0 Å². The number of hydrogen-bond donors (Lipinski definition) is 1. The van der Waals surface area contributed by atoms with Gasteiger partial charge in [-0.2, -0.15) is 0 Å². The Balaban J connectivity index is 3.34. The van der Waals surface area contributed by atoms with Crippen LogP contribution in [0.5, 0.6) is 0 Å². The lowest BCUT2D eigenvalue weighted by Gasteiger charge is -2.06. The molecule has 1 rings (SSSR count). The van der Waals surface area contributed by atoms with Gasteiger partial charge in [-0.05, 0) is 28.9 Å². The number of rotatable bonds is 2. The van der Waals surface area contributed by atoms with Crippen molar-refractivity contribution in [2.75, 3.05) is 0 Å².